The summed E-state index contributed by atoms with van der Waals surface area (Å²) in [5.41, 5.74) is 5.22. The summed E-state index contributed by atoms with van der Waals surface area (Å²) in [5, 5.41) is 12.9. The Bertz CT molecular complexity index is 1230. The van der Waals surface area contributed by atoms with E-state index in [1.807, 2.05) is 18.2 Å². The van der Waals surface area contributed by atoms with Crippen molar-refractivity contribution in [1.29, 1.82) is 5.26 Å². The molecule has 0 saturated heterocycles. The summed E-state index contributed by atoms with van der Waals surface area (Å²) >= 11 is -1.16. The summed E-state index contributed by atoms with van der Waals surface area (Å²) in [6.07, 6.45) is 6.78. The third kappa shape index (κ3) is 2.84. The molecule has 3 aromatic heterocycles. The lowest BCUT2D eigenvalue weighted by Gasteiger charge is -2.08. The molecule has 1 atom stereocenters. The number of rotatable bonds is 2. The lowest BCUT2D eigenvalue weighted by molar-refractivity contribution is 0.601. The summed E-state index contributed by atoms with van der Waals surface area (Å²) in [6.45, 7) is 0. The van der Waals surface area contributed by atoms with E-state index in [1.54, 1.807) is 43.0 Å². The van der Waals surface area contributed by atoms with Gasteiger partial charge >= 0.3 is 0 Å². The fourth-order valence-corrected chi connectivity index (χ4v) is 3.97. The number of aromatic nitrogens is 4. The summed E-state index contributed by atoms with van der Waals surface area (Å²) in [4.78, 5) is 17.5. The first-order valence-electron chi connectivity index (χ1n) is 8.80. The Labute approximate surface area is 169 Å². The van der Waals surface area contributed by atoms with E-state index < -0.39 is 11.2 Å². The molecule has 4 heterocycles. The van der Waals surface area contributed by atoms with Crippen LogP contribution in [0, 0.1) is 11.3 Å². The number of aromatic amines is 1. The summed E-state index contributed by atoms with van der Waals surface area (Å²) in [7, 11) is 0. The van der Waals surface area contributed by atoms with Crippen molar-refractivity contribution in [1.82, 2.24) is 19.9 Å². The Balaban J connectivity index is 1.76. The van der Waals surface area contributed by atoms with E-state index in [4.69, 9.17) is 4.98 Å². The van der Waals surface area contributed by atoms with Crippen molar-refractivity contribution in [3.05, 3.63) is 60.6 Å². The van der Waals surface area contributed by atoms with Crippen LogP contribution in [0.5, 0.6) is 0 Å². The highest BCUT2D eigenvalue weighted by molar-refractivity contribution is 7.90. The van der Waals surface area contributed by atoms with Gasteiger partial charge in [0.05, 0.1) is 23.1 Å². The molecule has 1 aromatic carbocycles. The number of nitriles is 1. The van der Waals surface area contributed by atoms with Gasteiger partial charge < -0.3 is 14.9 Å². The fraction of sp³-hybridized carbons (Fsp3) is 0.0476. The average molecular weight is 398 g/mol. The van der Waals surface area contributed by atoms with E-state index in [0.717, 1.165) is 28.2 Å². The molecule has 2 N–H and O–H groups in total. The van der Waals surface area contributed by atoms with Crippen LogP contribution in [0.15, 0.2) is 59.9 Å². The Morgan fingerprint density at radius 2 is 2.00 bits per heavy atom. The van der Waals surface area contributed by atoms with Crippen LogP contribution in [0.3, 0.4) is 0 Å². The molecule has 1 aliphatic heterocycles. The van der Waals surface area contributed by atoms with Gasteiger partial charge in [-0.25, -0.2) is 9.97 Å². The number of nitrogens with one attached hydrogen (secondary N) is 2. The maximum absolute atomic E-state index is 11.8. The molecule has 0 spiro atoms. The first-order valence-corrected chi connectivity index (χ1v) is 10.4. The molecular weight excluding hydrogens is 384 g/mol. The van der Waals surface area contributed by atoms with E-state index >= 15 is 0 Å². The second-order valence-corrected chi connectivity index (χ2v) is 7.91. The minimum atomic E-state index is -1.16. The molecule has 140 valence electrons. The number of hydrogen-bond acceptors (Lipinski definition) is 6. The molecular formula is C21H14N6OS. The van der Waals surface area contributed by atoms with E-state index in [1.165, 1.54) is 0 Å². The third-order valence-corrected chi connectivity index (χ3v) is 5.73. The smallest absolute Gasteiger partial charge is 0.153 e. The third-order valence-electron chi connectivity index (χ3n) is 4.81. The monoisotopic (exact) mass is 398 g/mol. The number of nitrogens with zero attached hydrogens (tertiary/aromatic N) is 4. The topological polar surface area (TPSA) is 113 Å². The average Bonchev–Trinajstić information content (AvgIpc) is 3.13. The first kappa shape index (κ1) is 17.4. The number of H-pyrrole nitrogens is 1. The number of benzene rings is 1. The lowest BCUT2D eigenvalue weighted by Crippen LogP contribution is -1.99. The van der Waals surface area contributed by atoms with Crippen molar-refractivity contribution < 1.29 is 4.55 Å². The summed E-state index contributed by atoms with van der Waals surface area (Å²) < 4.78 is 11.8. The van der Waals surface area contributed by atoms with Gasteiger partial charge in [-0.15, -0.1) is 0 Å². The van der Waals surface area contributed by atoms with Gasteiger partial charge in [0, 0.05) is 35.2 Å². The van der Waals surface area contributed by atoms with Crippen LogP contribution in [0.2, 0.25) is 0 Å². The van der Waals surface area contributed by atoms with Gasteiger partial charge in [0.25, 0.3) is 0 Å². The second kappa shape index (κ2) is 6.74. The molecule has 0 saturated carbocycles. The highest BCUT2D eigenvalue weighted by Gasteiger charge is 2.25. The van der Waals surface area contributed by atoms with Gasteiger partial charge in [-0.2, -0.15) is 5.26 Å². The molecule has 0 bridgehead atoms. The largest absolute Gasteiger partial charge is 0.612 e. The number of anilines is 2. The maximum atomic E-state index is 11.8. The van der Waals surface area contributed by atoms with E-state index in [2.05, 4.69) is 26.3 Å². The fourth-order valence-electron chi connectivity index (χ4n) is 3.43. The van der Waals surface area contributed by atoms with E-state index in [-0.39, 0.29) is 0 Å². The zero-order chi connectivity index (χ0) is 20.0. The number of imidazole rings is 1. The van der Waals surface area contributed by atoms with Gasteiger partial charge in [0.15, 0.2) is 4.90 Å². The minimum absolute atomic E-state index is 0.418. The predicted octanol–water partition coefficient (Wildman–Crippen LogP) is 3.87. The number of pyridine rings is 2. The Morgan fingerprint density at radius 1 is 1.10 bits per heavy atom. The molecule has 7 nitrogen and oxygen atoms in total. The molecule has 0 fully saturated rings. The Morgan fingerprint density at radius 3 is 2.83 bits per heavy atom. The molecule has 8 heteroatoms. The second-order valence-electron chi connectivity index (χ2n) is 6.53. The van der Waals surface area contributed by atoms with E-state index in [0.29, 0.717) is 27.7 Å². The number of fused-ring (bicyclic) bond motifs is 5. The summed E-state index contributed by atoms with van der Waals surface area (Å²) in [6, 6.07) is 13.1. The quantitative estimate of drug-likeness (QED) is 0.437. The molecule has 1 aliphatic rings. The van der Waals surface area contributed by atoms with Crippen LogP contribution in [0.25, 0.3) is 33.9 Å². The van der Waals surface area contributed by atoms with Crippen molar-refractivity contribution in [3.63, 3.8) is 0 Å². The van der Waals surface area contributed by atoms with Crippen LogP contribution >= 0.6 is 0 Å². The molecule has 0 amide bonds. The SMILES string of the molecule is C[S+]([O-])c1ccc(-c2nc3c([nH]2)-c2ccncc2Nc2ncccc2-3)c(C#N)c1. The van der Waals surface area contributed by atoms with Crippen molar-refractivity contribution in [3.8, 4) is 40.0 Å². The van der Waals surface area contributed by atoms with Gasteiger partial charge in [-0.3, -0.25) is 4.98 Å². The Kier molecular flexibility index (Phi) is 4.05. The van der Waals surface area contributed by atoms with Crippen LogP contribution in [0.4, 0.5) is 11.5 Å². The van der Waals surface area contributed by atoms with Crippen LogP contribution in [-0.4, -0.2) is 30.7 Å². The Hall–Kier alpha value is -3.67. The highest BCUT2D eigenvalue weighted by Crippen LogP contribution is 2.43. The highest BCUT2D eigenvalue weighted by atomic mass is 32.2. The van der Waals surface area contributed by atoms with Gasteiger partial charge in [0.1, 0.15) is 29.7 Å². The lowest BCUT2D eigenvalue weighted by atomic mass is 10.1. The molecule has 5 rings (SSSR count). The molecule has 0 aliphatic carbocycles. The molecule has 4 aromatic rings. The van der Waals surface area contributed by atoms with Crippen molar-refractivity contribution in [2.75, 3.05) is 11.6 Å². The summed E-state index contributed by atoms with van der Waals surface area (Å²) in [5.74, 6) is 1.26. The zero-order valence-electron chi connectivity index (χ0n) is 15.3. The van der Waals surface area contributed by atoms with Gasteiger partial charge in [0.2, 0.25) is 0 Å². The van der Waals surface area contributed by atoms with Gasteiger partial charge in [-0.1, -0.05) is 0 Å². The van der Waals surface area contributed by atoms with E-state index in [9.17, 15) is 9.81 Å². The first-order chi connectivity index (χ1) is 14.2. The zero-order valence-corrected chi connectivity index (χ0v) is 16.1. The number of hydrogen-bond donors (Lipinski definition) is 2. The van der Waals surface area contributed by atoms with Crippen LogP contribution in [0.1, 0.15) is 5.56 Å². The van der Waals surface area contributed by atoms with Crippen molar-refractivity contribution in [2.45, 2.75) is 4.90 Å². The van der Waals surface area contributed by atoms with Gasteiger partial charge in [-0.05, 0) is 41.5 Å². The van der Waals surface area contributed by atoms with Crippen LogP contribution < -0.4 is 5.32 Å². The van der Waals surface area contributed by atoms with Crippen LogP contribution in [-0.2, 0) is 11.2 Å². The predicted molar refractivity (Wildman–Crippen MR) is 111 cm³/mol. The maximum Gasteiger partial charge on any atom is 0.153 e. The van der Waals surface area contributed by atoms with Crippen molar-refractivity contribution in [2.24, 2.45) is 0 Å². The standard InChI is InChI=1S/C21H14N6OS/c1-29(28)13-4-5-14(12(9-13)10-22)21-26-18-15-6-8-23-11-17(15)25-20-16(19(18)27-21)3-2-7-24-20/h2-9,11H,1H3,(H,24,25)(H,26,27). The molecule has 1 unspecified atom stereocenters. The normalized spacial score (nSPS) is 12.6. The molecule has 0 radical (unpaired) electrons. The minimum Gasteiger partial charge on any atom is -0.612 e. The van der Waals surface area contributed by atoms with Crippen molar-refractivity contribution >= 4 is 22.7 Å². The molecule has 29 heavy (non-hydrogen) atoms.